The summed E-state index contributed by atoms with van der Waals surface area (Å²) in [6.07, 6.45) is 2.62. The summed E-state index contributed by atoms with van der Waals surface area (Å²) in [5.41, 5.74) is 8.62. The van der Waals surface area contributed by atoms with Crippen LogP contribution in [0.2, 0.25) is 10.0 Å². The number of nitrogens with two attached hydrogens (primary N) is 1. The van der Waals surface area contributed by atoms with E-state index >= 15 is 0 Å². The molecule has 0 unspecified atom stereocenters. The SMILES string of the molecule is Cn1nc(Cc2c(Cl)cc(N)cc2Cl)cc(C2CC2)c1=O. The van der Waals surface area contributed by atoms with Crippen LogP contribution in [0.5, 0.6) is 0 Å². The van der Waals surface area contributed by atoms with Gasteiger partial charge in [-0.3, -0.25) is 4.79 Å². The monoisotopic (exact) mass is 323 g/mol. The van der Waals surface area contributed by atoms with Crippen LogP contribution in [-0.4, -0.2) is 9.78 Å². The van der Waals surface area contributed by atoms with Crippen LogP contribution >= 0.6 is 23.2 Å². The van der Waals surface area contributed by atoms with Crippen LogP contribution in [0.4, 0.5) is 5.69 Å². The van der Waals surface area contributed by atoms with Gasteiger partial charge in [0.05, 0.1) is 5.69 Å². The third-order valence-corrected chi connectivity index (χ3v) is 4.35. The molecule has 6 heteroatoms. The molecule has 4 nitrogen and oxygen atoms in total. The highest BCUT2D eigenvalue weighted by Gasteiger charge is 2.27. The van der Waals surface area contributed by atoms with Crippen molar-refractivity contribution in [3.63, 3.8) is 0 Å². The van der Waals surface area contributed by atoms with E-state index in [1.54, 1.807) is 19.2 Å². The van der Waals surface area contributed by atoms with Crippen LogP contribution in [0.1, 0.15) is 35.6 Å². The molecule has 1 heterocycles. The summed E-state index contributed by atoms with van der Waals surface area (Å²) in [7, 11) is 1.67. The molecule has 3 rings (SSSR count). The Morgan fingerprint density at radius 2 is 1.90 bits per heavy atom. The van der Waals surface area contributed by atoms with Gasteiger partial charge in [-0.2, -0.15) is 5.10 Å². The number of hydrogen-bond donors (Lipinski definition) is 1. The lowest BCUT2D eigenvalue weighted by Crippen LogP contribution is -2.24. The van der Waals surface area contributed by atoms with E-state index in [4.69, 9.17) is 28.9 Å². The molecule has 0 atom stereocenters. The van der Waals surface area contributed by atoms with Gasteiger partial charge in [0, 0.05) is 34.8 Å². The molecule has 1 aliphatic carbocycles. The maximum atomic E-state index is 12.1. The minimum absolute atomic E-state index is 0.0178. The zero-order valence-electron chi connectivity index (χ0n) is 11.6. The van der Waals surface area contributed by atoms with Gasteiger partial charge in [0.1, 0.15) is 0 Å². The topological polar surface area (TPSA) is 60.9 Å². The van der Waals surface area contributed by atoms with Gasteiger partial charge in [-0.1, -0.05) is 23.2 Å². The summed E-state index contributed by atoms with van der Waals surface area (Å²) in [5, 5.41) is 5.33. The normalized spacial score (nSPS) is 14.4. The Balaban J connectivity index is 2.01. The molecule has 1 saturated carbocycles. The Hall–Kier alpha value is -1.52. The summed E-state index contributed by atoms with van der Waals surface area (Å²) in [5.74, 6) is 0.378. The first-order chi connectivity index (χ1) is 9.95. The summed E-state index contributed by atoms with van der Waals surface area (Å²) >= 11 is 12.4. The minimum atomic E-state index is -0.0178. The lowest BCUT2D eigenvalue weighted by molar-refractivity contribution is 0.671. The third-order valence-electron chi connectivity index (χ3n) is 3.68. The highest BCUT2D eigenvalue weighted by Crippen LogP contribution is 2.38. The summed E-state index contributed by atoms with van der Waals surface area (Å²) in [6, 6.07) is 5.22. The smallest absolute Gasteiger partial charge is 0.269 e. The highest BCUT2D eigenvalue weighted by molar-refractivity contribution is 6.36. The van der Waals surface area contributed by atoms with Crippen molar-refractivity contribution in [1.29, 1.82) is 0 Å². The summed E-state index contributed by atoms with van der Waals surface area (Å²) in [4.78, 5) is 12.1. The quantitative estimate of drug-likeness (QED) is 0.883. The molecule has 0 amide bonds. The molecule has 2 N–H and O–H groups in total. The fourth-order valence-electron chi connectivity index (χ4n) is 2.44. The largest absolute Gasteiger partial charge is 0.399 e. The predicted molar refractivity (Wildman–Crippen MR) is 85.1 cm³/mol. The van der Waals surface area contributed by atoms with Crippen LogP contribution in [0.15, 0.2) is 23.0 Å². The second-order valence-electron chi connectivity index (χ2n) is 5.43. The highest BCUT2D eigenvalue weighted by atomic mass is 35.5. The Bertz CT molecular complexity index is 743. The van der Waals surface area contributed by atoms with Crippen LogP contribution < -0.4 is 11.3 Å². The summed E-state index contributed by atoms with van der Waals surface area (Å²) < 4.78 is 1.39. The van der Waals surface area contributed by atoms with Crippen molar-refractivity contribution in [3.05, 3.63) is 55.4 Å². The molecule has 2 aromatic rings. The molecule has 0 radical (unpaired) electrons. The Labute approximate surface area is 132 Å². The zero-order valence-corrected chi connectivity index (χ0v) is 13.1. The predicted octanol–water partition coefficient (Wildman–Crippen LogP) is 3.14. The fourth-order valence-corrected chi connectivity index (χ4v) is 3.08. The van der Waals surface area contributed by atoms with Gasteiger partial charge in [0.15, 0.2) is 0 Å². The number of anilines is 1. The van der Waals surface area contributed by atoms with Crippen molar-refractivity contribution < 1.29 is 0 Å². The van der Waals surface area contributed by atoms with Crippen LogP contribution in [0.25, 0.3) is 0 Å². The van der Waals surface area contributed by atoms with Crippen molar-refractivity contribution in [1.82, 2.24) is 9.78 Å². The maximum absolute atomic E-state index is 12.1. The number of rotatable bonds is 3. The molecular weight excluding hydrogens is 309 g/mol. The number of aryl methyl sites for hydroxylation is 1. The van der Waals surface area contributed by atoms with Gasteiger partial charge in [-0.05, 0) is 42.5 Å². The average molecular weight is 324 g/mol. The zero-order chi connectivity index (χ0) is 15.1. The standard InChI is InChI=1S/C15H15Cl2N3O/c1-20-15(21)11(8-2-3-8)6-10(19-20)7-12-13(16)4-9(18)5-14(12)17/h4-6,8H,2-3,7,18H2,1H3. The Morgan fingerprint density at radius 1 is 1.29 bits per heavy atom. The molecule has 0 spiro atoms. The van der Waals surface area contributed by atoms with Crippen molar-refractivity contribution in [3.8, 4) is 0 Å². The minimum Gasteiger partial charge on any atom is -0.399 e. The lowest BCUT2D eigenvalue weighted by atomic mass is 10.1. The van der Waals surface area contributed by atoms with E-state index < -0.39 is 0 Å². The Morgan fingerprint density at radius 3 is 2.48 bits per heavy atom. The van der Waals surface area contributed by atoms with E-state index in [1.165, 1.54) is 4.68 Å². The van der Waals surface area contributed by atoms with Crippen LogP contribution in [0.3, 0.4) is 0 Å². The Kier molecular flexibility index (Phi) is 3.68. The van der Waals surface area contributed by atoms with E-state index in [0.29, 0.717) is 28.1 Å². The lowest BCUT2D eigenvalue weighted by Gasteiger charge is -2.10. The number of nitrogens with zero attached hydrogens (tertiary/aromatic N) is 2. The second kappa shape index (κ2) is 5.35. The maximum Gasteiger partial charge on any atom is 0.269 e. The molecule has 1 aromatic heterocycles. The number of benzene rings is 1. The molecular formula is C15H15Cl2N3O. The number of aromatic nitrogens is 2. The molecule has 1 fully saturated rings. The summed E-state index contributed by atoms with van der Waals surface area (Å²) in [6.45, 7) is 0. The second-order valence-corrected chi connectivity index (χ2v) is 6.25. The van der Waals surface area contributed by atoms with Gasteiger partial charge in [-0.15, -0.1) is 0 Å². The van der Waals surface area contributed by atoms with Gasteiger partial charge in [-0.25, -0.2) is 4.68 Å². The third kappa shape index (κ3) is 2.92. The van der Waals surface area contributed by atoms with E-state index in [-0.39, 0.29) is 5.56 Å². The van der Waals surface area contributed by atoms with Gasteiger partial charge < -0.3 is 5.73 Å². The molecule has 1 aromatic carbocycles. The number of halogens is 2. The first-order valence-corrected chi connectivity index (χ1v) is 7.52. The number of hydrogen-bond acceptors (Lipinski definition) is 3. The molecule has 1 aliphatic rings. The first-order valence-electron chi connectivity index (χ1n) is 6.76. The van der Waals surface area contributed by atoms with Gasteiger partial charge >= 0.3 is 0 Å². The molecule has 0 saturated heterocycles. The van der Waals surface area contributed by atoms with E-state index in [1.807, 2.05) is 6.07 Å². The first kappa shape index (κ1) is 14.4. The van der Waals surface area contributed by atoms with Gasteiger partial charge in [0.2, 0.25) is 0 Å². The van der Waals surface area contributed by atoms with Crippen LogP contribution in [0, 0.1) is 0 Å². The van der Waals surface area contributed by atoms with Crippen LogP contribution in [-0.2, 0) is 13.5 Å². The number of nitrogen functional groups attached to an aromatic ring is 1. The fraction of sp³-hybridized carbons (Fsp3) is 0.333. The molecule has 0 bridgehead atoms. The van der Waals surface area contributed by atoms with Crippen molar-refractivity contribution >= 4 is 28.9 Å². The molecule has 0 aliphatic heterocycles. The van der Waals surface area contributed by atoms with E-state index in [2.05, 4.69) is 5.10 Å². The van der Waals surface area contributed by atoms with Crippen molar-refractivity contribution in [2.75, 3.05) is 5.73 Å². The van der Waals surface area contributed by atoms with E-state index in [9.17, 15) is 4.79 Å². The molecule has 21 heavy (non-hydrogen) atoms. The average Bonchev–Trinajstić information content (AvgIpc) is 3.22. The van der Waals surface area contributed by atoms with Gasteiger partial charge in [0.25, 0.3) is 5.56 Å². The van der Waals surface area contributed by atoms with E-state index in [0.717, 1.165) is 29.7 Å². The van der Waals surface area contributed by atoms with Crippen molar-refractivity contribution in [2.45, 2.75) is 25.2 Å². The van der Waals surface area contributed by atoms with Crippen molar-refractivity contribution in [2.24, 2.45) is 7.05 Å². The molecule has 110 valence electrons.